The summed E-state index contributed by atoms with van der Waals surface area (Å²) >= 11 is 0. The van der Waals surface area contributed by atoms with Crippen LogP contribution in [-0.2, 0) is 17.4 Å². The molecule has 0 aliphatic rings. The molecule has 0 fully saturated rings. The summed E-state index contributed by atoms with van der Waals surface area (Å²) in [5, 5.41) is 0. The number of aromatic nitrogens is 1. The van der Waals surface area contributed by atoms with Gasteiger partial charge in [-0.3, -0.25) is 0 Å². The highest BCUT2D eigenvalue weighted by Gasteiger charge is 2.03. The fourth-order valence-electron chi connectivity index (χ4n) is 3.08. The van der Waals surface area contributed by atoms with Gasteiger partial charge in [0.25, 0.3) is 0 Å². The van der Waals surface area contributed by atoms with E-state index in [0.29, 0.717) is 0 Å². The third kappa shape index (κ3) is 18.2. The summed E-state index contributed by atoms with van der Waals surface area (Å²) in [6.07, 6.45) is 21.4. The molecule has 0 aromatic carbocycles. The van der Waals surface area contributed by atoms with Crippen molar-refractivity contribution >= 4 is 7.82 Å². The lowest BCUT2D eigenvalue weighted by atomic mass is 10.0. The number of nitrogens with one attached hydrogen (secondary N) is 1. The Hall–Kier alpha value is -0.610. The molecule has 1 aromatic rings. The molecule has 1 rings (SSSR count). The van der Waals surface area contributed by atoms with Crippen molar-refractivity contribution < 1.29 is 19.2 Å². The van der Waals surface area contributed by atoms with Gasteiger partial charge in [-0.2, -0.15) is 0 Å². The van der Waals surface area contributed by atoms with Gasteiger partial charge >= 0.3 is 7.82 Å². The van der Waals surface area contributed by atoms with E-state index in [1.165, 1.54) is 95.6 Å². The van der Waals surface area contributed by atoms with Crippen LogP contribution in [0.1, 0.15) is 102 Å². The summed E-state index contributed by atoms with van der Waals surface area (Å²) in [4.78, 5) is 25.0. The zero-order chi connectivity index (χ0) is 19.7. The maximum absolute atomic E-state index is 8.88. The molecule has 0 atom stereocenters. The number of rotatable bonds is 14. The van der Waals surface area contributed by atoms with E-state index in [0.717, 1.165) is 0 Å². The quantitative estimate of drug-likeness (QED) is 0.236. The van der Waals surface area contributed by atoms with Crippen molar-refractivity contribution in [1.29, 1.82) is 0 Å². The van der Waals surface area contributed by atoms with Crippen LogP contribution in [0.3, 0.4) is 0 Å². The third-order valence-electron chi connectivity index (χ3n) is 4.51. The van der Waals surface area contributed by atoms with Crippen molar-refractivity contribution in [2.75, 3.05) is 0 Å². The molecule has 1 aromatic heterocycles. The highest BCUT2D eigenvalue weighted by Crippen LogP contribution is 2.25. The molecule has 154 valence electrons. The first-order valence-electron chi connectivity index (χ1n) is 10.3. The SMILES string of the molecule is CCCCCCCCc1cc[nH]c1CCCCCCCC.O=P(O)(O)O. The van der Waals surface area contributed by atoms with E-state index in [4.69, 9.17) is 19.2 Å². The predicted octanol–water partition coefficient (Wildman–Crippen LogP) is 5.89. The monoisotopic (exact) mass is 389 g/mol. The molecule has 0 bridgehead atoms. The Balaban J connectivity index is 0.00000110. The molecular weight excluding hydrogens is 349 g/mol. The minimum atomic E-state index is -4.64. The fraction of sp³-hybridized carbons (Fsp3) is 0.800. The summed E-state index contributed by atoms with van der Waals surface area (Å²) in [5.74, 6) is 0. The number of hydrogen-bond donors (Lipinski definition) is 4. The number of aromatic amines is 1. The van der Waals surface area contributed by atoms with Gasteiger partial charge in [0.05, 0.1) is 0 Å². The minimum Gasteiger partial charge on any atom is -0.365 e. The highest BCUT2D eigenvalue weighted by molar-refractivity contribution is 7.45. The maximum atomic E-state index is 8.88. The van der Waals surface area contributed by atoms with Crippen LogP contribution in [0.5, 0.6) is 0 Å². The Labute approximate surface area is 159 Å². The summed E-state index contributed by atoms with van der Waals surface area (Å²) in [6, 6.07) is 2.30. The smallest absolute Gasteiger partial charge is 0.365 e. The topological polar surface area (TPSA) is 93.6 Å². The number of aryl methyl sites for hydroxylation is 2. The first-order chi connectivity index (χ1) is 12.4. The number of phosphoric acid groups is 1. The third-order valence-corrected chi connectivity index (χ3v) is 4.51. The van der Waals surface area contributed by atoms with E-state index in [9.17, 15) is 0 Å². The van der Waals surface area contributed by atoms with E-state index in [1.807, 2.05) is 0 Å². The zero-order valence-electron chi connectivity index (χ0n) is 16.8. The zero-order valence-corrected chi connectivity index (χ0v) is 17.6. The van der Waals surface area contributed by atoms with Crippen LogP contribution >= 0.6 is 7.82 Å². The molecule has 1 heterocycles. The number of hydrogen-bond acceptors (Lipinski definition) is 1. The molecule has 0 aliphatic heterocycles. The summed E-state index contributed by atoms with van der Waals surface area (Å²) in [5.41, 5.74) is 3.10. The van der Waals surface area contributed by atoms with Gasteiger partial charge in [0, 0.05) is 11.9 Å². The van der Waals surface area contributed by atoms with Crippen LogP contribution in [0.25, 0.3) is 0 Å². The molecule has 4 N–H and O–H groups in total. The van der Waals surface area contributed by atoms with Crippen molar-refractivity contribution in [2.24, 2.45) is 0 Å². The highest BCUT2D eigenvalue weighted by atomic mass is 31.2. The average Bonchev–Trinajstić information content (AvgIpc) is 3.00. The number of H-pyrrole nitrogens is 1. The van der Waals surface area contributed by atoms with Crippen LogP contribution in [-0.4, -0.2) is 19.7 Å². The maximum Gasteiger partial charge on any atom is 0.466 e. The van der Waals surface area contributed by atoms with Crippen LogP contribution in [0.2, 0.25) is 0 Å². The van der Waals surface area contributed by atoms with Crippen LogP contribution in [0, 0.1) is 0 Å². The van der Waals surface area contributed by atoms with Gasteiger partial charge in [0.15, 0.2) is 0 Å². The van der Waals surface area contributed by atoms with Crippen molar-refractivity contribution in [2.45, 2.75) is 104 Å². The van der Waals surface area contributed by atoms with Gasteiger partial charge in [-0.1, -0.05) is 78.1 Å². The Bertz CT molecular complexity index is 431. The fourth-order valence-corrected chi connectivity index (χ4v) is 3.08. The van der Waals surface area contributed by atoms with Gasteiger partial charge in [-0.25, -0.2) is 4.57 Å². The summed E-state index contributed by atoms with van der Waals surface area (Å²) in [6.45, 7) is 4.57. The van der Waals surface area contributed by atoms with E-state index < -0.39 is 7.82 Å². The van der Waals surface area contributed by atoms with Crippen molar-refractivity contribution in [3.63, 3.8) is 0 Å². The molecule has 6 heteroatoms. The van der Waals surface area contributed by atoms with E-state index in [2.05, 4.69) is 31.1 Å². The average molecular weight is 390 g/mol. The van der Waals surface area contributed by atoms with Gasteiger partial charge in [-0.15, -0.1) is 0 Å². The lowest BCUT2D eigenvalue weighted by Gasteiger charge is -2.05. The van der Waals surface area contributed by atoms with Crippen LogP contribution in [0.4, 0.5) is 0 Å². The number of unbranched alkanes of at least 4 members (excludes halogenated alkanes) is 10. The lowest BCUT2D eigenvalue weighted by molar-refractivity contribution is 0.275. The molecule has 0 radical (unpaired) electrons. The van der Waals surface area contributed by atoms with Crippen molar-refractivity contribution in [3.8, 4) is 0 Å². The molecule has 5 nitrogen and oxygen atoms in total. The van der Waals surface area contributed by atoms with E-state index in [1.54, 1.807) is 5.56 Å². The van der Waals surface area contributed by atoms with E-state index >= 15 is 0 Å². The molecule has 0 unspecified atom stereocenters. The van der Waals surface area contributed by atoms with Gasteiger partial charge < -0.3 is 19.7 Å². The molecule has 26 heavy (non-hydrogen) atoms. The molecule has 0 saturated carbocycles. The van der Waals surface area contributed by atoms with E-state index in [-0.39, 0.29) is 0 Å². The Morgan fingerprint density at radius 2 is 1.19 bits per heavy atom. The van der Waals surface area contributed by atoms with Crippen molar-refractivity contribution in [3.05, 3.63) is 23.5 Å². The molecule has 0 aliphatic carbocycles. The molecule has 0 amide bonds. The predicted molar refractivity (Wildman–Crippen MR) is 109 cm³/mol. The van der Waals surface area contributed by atoms with Crippen LogP contribution < -0.4 is 0 Å². The Kier molecular flexibility index (Phi) is 16.2. The Morgan fingerprint density at radius 1 is 0.769 bits per heavy atom. The normalized spacial score (nSPS) is 11.3. The molecule has 0 saturated heterocycles. The first-order valence-corrected chi connectivity index (χ1v) is 11.9. The van der Waals surface area contributed by atoms with Gasteiger partial charge in [-0.05, 0) is 37.3 Å². The second-order valence-electron chi connectivity index (χ2n) is 7.03. The summed E-state index contributed by atoms with van der Waals surface area (Å²) < 4.78 is 8.88. The second kappa shape index (κ2) is 16.6. The molecular formula is C20H40NO4P. The molecule has 0 spiro atoms. The minimum absolute atomic E-state index is 1.25. The van der Waals surface area contributed by atoms with Gasteiger partial charge in [0.2, 0.25) is 0 Å². The first kappa shape index (κ1) is 25.4. The van der Waals surface area contributed by atoms with Gasteiger partial charge in [0.1, 0.15) is 0 Å². The second-order valence-corrected chi connectivity index (χ2v) is 8.06. The van der Waals surface area contributed by atoms with Crippen molar-refractivity contribution in [1.82, 2.24) is 4.98 Å². The standard InChI is InChI=1S/C20H37N.H3O4P/c1-3-5-7-9-11-13-15-19-17-18-21-20(19)16-14-12-10-8-6-4-2;1-5(2,3)4/h17-18,21H,3-16H2,1-2H3;(H3,1,2,3,4). The lowest BCUT2D eigenvalue weighted by Crippen LogP contribution is -1.93. The Morgan fingerprint density at radius 3 is 1.69 bits per heavy atom. The largest absolute Gasteiger partial charge is 0.466 e. The summed E-state index contributed by atoms with van der Waals surface area (Å²) in [7, 11) is -4.64. The van der Waals surface area contributed by atoms with Crippen LogP contribution in [0.15, 0.2) is 12.3 Å².